The average Bonchev–Trinajstić information content (AvgIpc) is 2.74. The summed E-state index contributed by atoms with van der Waals surface area (Å²) in [4.78, 5) is 23.3. The molecule has 0 aromatic carbocycles. The van der Waals surface area contributed by atoms with Crippen molar-refractivity contribution in [2.45, 2.75) is 33.0 Å². The number of hydrogen-bond donors (Lipinski definition) is 0. The molecule has 104 valence electrons. The molecule has 0 aromatic heterocycles. The maximum absolute atomic E-state index is 11.6. The van der Waals surface area contributed by atoms with Gasteiger partial charge in [0.25, 0.3) is 0 Å². The summed E-state index contributed by atoms with van der Waals surface area (Å²) in [5.74, 6) is -1.31. The van der Waals surface area contributed by atoms with Crippen LogP contribution in [0.15, 0.2) is 0 Å². The molecular formula is C10H17O7P. The number of ether oxygens (including phenoxy) is 2. The highest BCUT2D eigenvalue weighted by molar-refractivity contribution is 7.42. The van der Waals surface area contributed by atoms with Gasteiger partial charge < -0.3 is 14.0 Å². The van der Waals surface area contributed by atoms with Crippen molar-refractivity contribution >= 4 is 20.5 Å². The molecule has 0 spiro atoms. The maximum Gasteiger partial charge on any atom is 0.339 e. The summed E-state index contributed by atoms with van der Waals surface area (Å²) in [6, 6.07) is 0. The Labute approximate surface area is 107 Å². The first-order valence-corrected chi connectivity index (χ1v) is 6.83. The zero-order chi connectivity index (χ0) is 13.5. The van der Waals surface area contributed by atoms with Gasteiger partial charge in [-0.1, -0.05) is 0 Å². The number of esters is 2. The highest BCUT2D eigenvalue weighted by atomic mass is 31.2. The minimum absolute atomic E-state index is 0.195. The SMILES string of the molecule is CCOC(=O)C1OP(OCC)OC1C(=O)OCC. The molecule has 1 aliphatic rings. The lowest BCUT2D eigenvalue weighted by Crippen LogP contribution is -2.39. The van der Waals surface area contributed by atoms with Gasteiger partial charge >= 0.3 is 20.5 Å². The van der Waals surface area contributed by atoms with Crippen LogP contribution in [-0.4, -0.2) is 44.0 Å². The van der Waals surface area contributed by atoms with Gasteiger partial charge in [0.1, 0.15) is 0 Å². The molecule has 7 nitrogen and oxygen atoms in total. The molecule has 0 bridgehead atoms. The highest BCUT2D eigenvalue weighted by Crippen LogP contribution is 2.49. The number of rotatable bonds is 6. The Balaban J connectivity index is 2.69. The summed E-state index contributed by atoms with van der Waals surface area (Å²) in [5.41, 5.74) is 0. The minimum atomic E-state index is -1.71. The molecule has 1 fully saturated rings. The third-order valence-corrected chi connectivity index (χ3v) is 3.21. The van der Waals surface area contributed by atoms with E-state index < -0.39 is 32.7 Å². The van der Waals surface area contributed by atoms with E-state index in [1.54, 1.807) is 20.8 Å². The molecule has 2 atom stereocenters. The van der Waals surface area contributed by atoms with Crippen LogP contribution in [0.5, 0.6) is 0 Å². The summed E-state index contributed by atoms with van der Waals surface area (Å²) >= 11 is 0. The topological polar surface area (TPSA) is 80.3 Å². The second kappa shape index (κ2) is 7.63. The zero-order valence-corrected chi connectivity index (χ0v) is 11.5. The van der Waals surface area contributed by atoms with E-state index in [9.17, 15) is 9.59 Å². The Morgan fingerprint density at radius 3 is 1.72 bits per heavy atom. The number of carbonyl (C=O) groups is 2. The van der Waals surface area contributed by atoms with Crippen LogP contribution in [-0.2, 0) is 32.6 Å². The van der Waals surface area contributed by atoms with E-state index in [1.165, 1.54) is 0 Å². The normalized spacial score (nSPS) is 26.9. The highest BCUT2D eigenvalue weighted by Gasteiger charge is 2.48. The summed E-state index contributed by atoms with van der Waals surface area (Å²) in [7, 11) is -1.71. The Morgan fingerprint density at radius 2 is 1.39 bits per heavy atom. The van der Waals surface area contributed by atoms with Crippen LogP contribution in [0.2, 0.25) is 0 Å². The van der Waals surface area contributed by atoms with E-state index >= 15 is 0 Å². The third-order valence-electron chi connectivity index (χ3n) is 1.95. The molecule has 1 rings (SSSR count). The van der Waals surface area contributed by atoms with Crippen LogP contribution < -0.4 is 0 Å². The van der Waals surface area contributed by atoms with Crippen molar-refractivity contribution in [2.75, 3.05) is 19.8 Å². The maximum atomic E-state index is 11.6. The van der Waals surface area contributed by atoms with E-state index in [4.69, 9.17) is 23.0 Å². The summed E-state index contributed by atoms with van der Waals surface area (Å²) < 4.78 is 25.2. The van der Waals surface area contributed by atoms with Gasteiger partial charge in [0.2, 0.25) is 12.2 Å². The van der Waals surface area contributed by atoms with Crippen molar-refractivity contribution in [1.29, 1.82) is 0 Å². The first-order valence-electron chi connectivity index (χ1n) is 5.73. The second-order valence-electron chi connectivity index (χ2n) is 3.20. The van der Waals surface area contributed by atoms with Crippen molar-refractivity contribution in [2.24, 2.45) is 0 Å². The predicted octanol–water partition coefficient (Wildman–Crippen LogP) is 1.16. The molecule has 8 heteroatoms. The monoisotopic (exact) mass is 280 g/mol. The number of carbonyl (C=O) groups excluding carboxylic acids is 2. The van der Waals surface area contributed by atoms with Crippen molar-refractivity contribution in [1.82, 2.24) is 0 Å². The Hall–Kier alpha value is -0.750. The standard InChI is InChI=1S/C10H17O7P/c1-4-13-9(11)7-8(10(12)14-5-2)17-18(16-7)15-6-3/h7-8H,4-6H2,1-3H3. The molecular weight excluding hydrogens is 263 g/mol. The third kappa shape index (κ3) is 3.88. The van der Waals surface area contributed by atoms with E-state index in [0.29, 0.717) is 6.61 Å². The average molecular weight is 280 g/mol. The molecule has 0 aliphatic carbocycles. The molecule has 2 unspecified atom stereocenters. The van der Waals surface area contributed by atoms with Gasteiger partial charge in [-0.2, -0.15) is 0 Å². The van der Waals surface area contributed by atoms with Crippen molar-refractivity contribution in [3.63, 3.8) is 0 Å². The lowest BCUT2D eigenvalue weighted by atomic mass is 10.2. The molecule has 1 saturated heterocycles. The summed E-state index contributed by atoms with van der Waals surface area (Å²) in [6.07, 6.45) is -2.25. The fraction of sp³-hybridized carbons (Fsp3) is 0.800. The van der Waals surface area contributed by atoms with Crippen molar-refractivity contribution in [3.8, 4) is 0 Å². The predicted molar refractivity (Wildman–Crippen MR) is 61.6 cm³/mol. The summed E-state index contributed by atoms with van der Waals surface area (Å²) in [6.45, 7) is 5.83. The molecule has 1 heterocycles. The first kappa shape index (κ1) is 15.3. The smallest absolute Gasteiger partial charge is 0.339 e. The van der Waals surface area contributed by atoms with Gasteiger partial charge in [-0.3, -0.25) is 9.05 Å². The van der Waals surface area contributed by atoms with Gasteiger partial charge in [-0.25, -0.2) is 9.59 Å². The molecule has 0 amide bonds. The van der Waals surface area contributed by atoms with Crippen molar-refractivity contribution in [3.05, 3.63) is 0 Å². The van der Waals surface area contributed by atoms with Crippen molar-refractivity contribution < 1.29 is 32.6 Å². The Morgan fingerprint density at radius 1 is 0.944 bits per heavy atom. The van der Waals surface area contributed by atoms with Crippen LogP contribution in [0.4, 0.5) is 0 Å². The van der Waals surface area contributed by atoms with Crippen LogP contribution in [0.25, 0.3) is 0 Å². The zero-order valence-electron chi connectivity index (χ0n) is 10.6. The number of hydrogen-bond acceptors (Lipinski definition) is 7. The van der Waals surface area contributed by atoms with E-state index in [1.807, 2.05) is 0 Å². The fourth-order valence-electron chi connectivity index (χ4n) is 1.27. The fourth-order valence-corrected chi connectivity index (χ4v) is 2.42. The van der Waals surface area contributed by atoms with Gasteiger partial charge in [-0.05, 0) is 20.8 Å². The summed E-state index contributed by atoms with van der Waals surface area (Å²) in [5, 5.41) is 0. The molecule has 0 aromatic rings. The van der Waals surface area contributed by atoms with Gasteiger partial charge in [0.15, 0.2) is 0 Å². The Kier molecular flexibility index (Phi) is 6.49. The van der Waals surface area contributed by atoms with Gasteiger partial charge in [0, 0.05) is 0 Å². The molecule has 0 saturated carbocycles. The van der Waals surface area contributed by atoms with Gasteiger partial charge in [-0.15, -0.1) is 0 Å². The van der Waals surface area contributed by atoms with Crippen LogP contribution in [0.3, 0.4) is 0 Å². The quantitative estimate of drug-likeness (QED) is 0.533. The minimum Gasteiger partial charge on any atom is -0.464 e. The molecule has 18 heavy (non-hydrogen) atoms. The molecule has 1 aliphatic heterocycles. The molecule has 0 radical (unpaired) electrons. The Bertz CT molecular complexity index is 270. The molecule has 0 N–H and O–H groups in total. The van der Waals surface area contributed by atoms with E-state index in [0.717, 1.165) is 0 Å². The van der Waals surface area contributed by atoms with Gasteiger partial charge in [0.05, 0.1) is 19.8 Å². The van der Waals surface area contributed by atoms with Crippen LogP contribution in [0, 0.1) is 0 Å². The lowest BCUT2D eigenvalue weighted by Gasteiger charge is -2.13. The van der Waals surface area contributed by atoms with Crippen LogP contribution in [0.1, 0.15) is 20.8 Å². The first-order chi connectivity index (χ1) is 8.63. The van der Waals surface area contributed by atoms with E-state index in [2.05, 4.69) is 0 Å². The largest absolute Gasteiger partial charge is 0.464 e. The second-order valence-corrected chi connectivity index (χ2v) is 4.32. The van der Waals surface area contributed by atoms with Crippen LogP contribution >= 0.6 is 8.60 Å². The lowest BCUT2D eigenvalue weighted by molar-refractivity contribution is -0.163. The van der Waals surface area contributed by atoms with E-state index in [-0.39, 0.29) is 13.2 Å².